The summed E-state index contributed by atoms with van der Waals surface area (Å²) in [5, 5.41) is 9.45. The van der Waals surface area contributed by atoms with Gasteiger partial charge in [0.05, 0.1) is 10.7 Å². The predicted molar refractivity (Wildman–Crippen MR) is 75.4 cm³/mol. The van der Waals surface area contributed by atoms with Gasteiger partial charge in [-0.05, 0) is 13.8 Å². The van der Waals surface area contributed by atoms with Crippen LogP contribution in [0.1, 0.15) is 16.4 Å². The zero-order valence-electron chi connectivity index (χ0n) is 10.8. The maximum absolute atomic E-state index is 4.43. The van der Waals surface area contributed by atoms with Crippen LogP contribution in [-0.2, 0) is 6.42 Å². The predicted octanol–water partition coefficient (Wildman–Crippen LogP) is 2.25. The third kappa shape index (κ3) is 3.40. The Morgan fingerprint density at radius 2 is 2.06 bits per heavy atom. The molecule has 6 heteroatoms. The summed E-state index contributed by atoms with van der Waals surface area (Å²) in [6.45, 7) is 4.80. The monoisotopic (exact) mass is 263 g/mol. The van der Waals surface area contributed by atoms with Crippen LogP contribution in [0.25, 0.3) is 0 Å². The van der Waals surface area contributed by atoms with Gasteiger partial charge in [-0.25, -0.2) is 9.97 Å². The Morgan fingerprint density at radius 1 is 1.22 bits per heavy atom. The van der Waals surface area contributed by atoms with Crippen molar-refractivity contribution in [2.75, 3.05) is 24.2 Å². The second-order valence-corrected chi connectivity index (χ2v) is 5.07. The van der Waals surface area contributed by atoms with Crippen LogP contribution in [0.2, 0.25) is 0 Å². The quantitative estimate of drug-likeness (QED) is 0.866. The number of hydrogen-bond acceptors (Lipinski definition) is 6. The molecule has 0 aromatic carbocycles. The number of anilines is 2. The molecule has 0 amide bonds. The Balaban J connectivity index is 1.91. The molecule has 18 heavy (non-hydrogen) atoms. The molecular formula is C12H17N5S. The fourth-order valence-corrected chi connectivity index (χ4v) is 2.26. The molecule has 0 aliphatic carbocycles. The largest absolute Gasteiger partial charge is 0.370 e. The van der Waals surface area contributed by atoms with Crippen LogP contribution in [-0.4, -0.2) is 28.5 Å². The van der Waals surface area contributed by atoms with Gasteiger partial charge in [0.15, 0.2) is 0 Å². The second-order valence-electron chi connectivity index (χ2n) is 4.00. The zero-order chi connectivity index (χ0) is 13.0. The molecule has 0 radical (unpaired) electrons. The summed E-state index contributed by atoms with van der Waals surface area (Å²) in [5.74, 6) is 1.49. The standard InChI is InChI=1S/C12H17N5S/c1-8-6-11(17-12(13-3)15-8)14-5-4-10-7-18-9(2)16-10/h6-7H,4-5H2,1-3H3,(H2,13,14,15,17). The molecule has 0 saturated heterocycles. The molecule has 2 N–H and O–H groups in total. The minimum atomic E-state index is 0.641. The molecule has 96 valence electrons. The van der Waals surface area contributed by atoms with Gasteiger partial charge in [0, 0.05) is 37.2 Å². The van der Waals surface area contributed by atoms with Crippen molar-refractivity contribution in [3.8, 4) is 0 Å². The average molecular weight is 263 g/mol. The summed E-state index contributed by atoms with van der Waals surface area (Å²) in [6, 6.07) is 1.94. The lowest BCUT2D eigenvalue weighted by Crippen LogP contribution is -2.08. The van der Waals surface area contributed by atoms with Crippen LogP contribution >= 0.6 is 11.3 Å². The number of rotatable bonds is 5. The van der Waals surface area contributed by atoms with Gasteiger partial charge in [0.25, 0.3) is 0 Å². The molecular weight excluding hydrogens is 246 g/mol. The topological polar surface area (TPSA) is 62.7 Å². The van der Waals surface area contributed by atoms with E-state index in [4.69, 9.17) is 0 Å². The molecule has 5 nitrogen and oxygen atoms in total. The van der Waals surface area contributed by atoms with E-state index < -0.39 is 0 Å². The molecule has 0 atom stereocenters. The first kappa shape index (κ1) is 12.8. The van der Waals surface area contributed by atoms with E-state index in [2.05, 4.69) is 31.0 Å². The van der Waals surface area contributed by atoms with E-state index in [9.17, 15) is 0 Å². The van der Waals surface area contributed by atoms with Crippen LogP contribution in [0, 0.1) is 13.8 Å². The molecule has 2 aromatic heterocycles. The van der Waals surface area contributed by atoms with Crippen LogP contribution in [0.5, 0.6) is 0 Å². The molecule has 0 unspecified atom stereocenters. The second kappa shape index (κ2) is 5.77. The van der Waals surface area contributed by atoms with E-state index in [1.165, 1.54) is 0 Å². The average Bonchev–Trinajstić information content (AvgIpc) is 2.74. The molecule has 2 heterocycles. The zero-order valence-corrected chi connectivity index (χ0v) is 11.6. The van der Waals surface area contributed by atoms with Crippen molar-refractivity contribution in [3.63, 3.8) is 0 Å². The first-order chi connectivity index (χ1) is 8.67. The Kier molecular flexibility index (Phi) is 4.09. The Bertz CT molecular complexity index is 523. The SMILES string of the molecule is CNc1nc(C)cc(NCCc2csc(C)n2)n1. The lowest BCUT2D eigenvalue weighted by molar-refractivity contribution is 0.954. The number of nitrogens with zero attached hydrogens (tertiary/aromatic N) is 3. The molecule has 2 aromatic rings. The van der Waals surface area contributed by atoms with Gasteiger partial charge in [-0.1, -0.05) is 0 Å². The number of aromatic nitrogens is 3. The van der Waals surface area contributed by atoms with Crippen molar-refractivity contribution < 1.29 is 0 Å². The smallest absolute Gasteiger partial charge is 0.224 e. The van der Waals surface area contributed by atoms with Crippen molar-refractivity contribution in [1.29, 1.82) is 0 Å². The number of nitrogens with one attached hydrogen (secondary N) is 2. The Labute approximate surface area is 111 Å². The van der Waals surface area contributed by atoms with Gasteiger partial charge < -0.3 is 10.6 Å². The maximum atomic E-state index is 4.43. The highest BCUT2D eigenvalue weighted by Crippen LogP contribution is 2.11. The van der Waals surface area contributed by atoms with Crippen molar-refractivity contribution in [1.82, 2.24) is 15.0 Å². The normalized spacial score (nSPS) is 10.4. The number of thiazole rings is 1. The van der Waals surface area contributed by atoms with Crippen LogP contribution < -0.4 is 10.6 Å². The Hall–Kier alpha value is -1.69. The summed E-state index contributed by atoms with van der Waals surface area (Å²) in [4.78, 5) is 13.0. The van der Waals surface area contributed by atoms with E-state index in [-0.39, 0.29) is 0 Å². The van der Waals surface area contributed by atoms with Crippen molar-refractivity contribution in [2.24, 2.45) is 0 Å². The fraction of sp³-hybridized carbons (Fsp3) is 0.417. The van der Waals surface area contributed by atoms with Gasteiger partial charge in [0.2, 0.25) is 5.95 Å². The maximum Gasteiger partial charge on any atom is 0.224 e. The first-order valence-corrected chi connectivity index (χ1v) is 6.73. The third-order valence-corrected chi connectivity index (χ3v) is 3.25. The van der Waals surface area contributed by atoms with E-state index in [1.54, 1.807) is 11.3 Å². The lowest BCUT2D eigenvalue weighted by Gasteiger charge is -2.07. The van der Waals surface area contributed by atoms with E-state index in [0.717, 1.165) is 35.2 Å². The van der Waals surface area contributed by atoms with Crippen LogP contribution in [0.4, 0.5) is 11.8 Å². The summed E-state index contributed by atoms with van der Waals surface area (Å²) >= 11 is 1.68. The summed E-state index contributed by atoms with van der Waals surface area (Å²) < 4.78 is 0. The van der Waals surface area contributed by atoms with E-state index >= 15 is 0 Å². The minimum Gasteiger partial charge on any atom is -0.370 e. The minimum absolute atomic E-state index is 0.641. The third-order valence-electron chi connectivity index (χ3n) is 2.43. The molecule has 0 spiro atoms. The first-order valence-electron chi connectivity index (χ1n) is 5.85. The van der Waals surface area contributed by atoms with Crippen LogP contribution in [0.15, 0.2) is 11.4 Å². The number of hydrogen-bond donors (Lipinski definition) is 2. The summed E-state index contributed by atoms with van der Waals surface area (Å²) in [6.07, 6.45) is 0.905. The molecule has 0 aliphatic rings. The molecule has 0 saturated carbocycles. The van der Waals surface area contributed by atoms with E-state index in [1.807, 2.05) is 27.0 Å². The lowest BCUT2D eigenvalue weighted by atomic mass is 10.3. The fourth-order valence-electron chi connectivity index (χ4n) is 1.61. The number of aryl methyl sites for hydroxylation is 2. The Morgan fingerprint density at radius 3 is 2.72 bits per heavy atom. The van der Waals surface area contributed by atoms with Gasteiger partial charge in [0.1, 0.15) is 5.82 Å². The summed E-state index contributed by atoms with van der Waals surface area (Å²) in [5.41, 5.74) is 2.07. The molecule has 0 fully saturated rings. The van der Waals surface area contributed by atoms with Crippen LogP contribution in [0.3, 0.4) is 0 Å². The highest BCUT2D eigenvalue weighted by Gasteiger charge is 2.01. The van der Waals surface area contributed by atoms with Gasteiger partial charge in [-0.15, -0.1) is 11.3 Å². The van der Waals surface area contributed by atoms with Crippen molar-refractivity contribution >= 4 is 23.1 Å². The molecule has 2 rings (SSSR count). The van der Waals surface area contributed by atoms with Gasteiger partial charge in [-0.2, -0.15) is 4.98 Å². The summed E-state index contributed by atoms with van der Waals surface area (Å²) in [7, 11) is 1.82. The van der Waals surface area contributed by atoms with Gasteiger partial charge in [-0.3, -0.25) is 0 Å². The van der Waals surface area contributed by atoms with Crippen molar-refractivity contribution in [2.45, 2.75) is 20.3 Å². The highest BCUT2D eigenvalue weighted by atomic mass is 32.1. The molecule has 0 aliphatic heterocycles. The van der Waals surface area contributed by atoms with Gasteiger partial charge >= 0.3 is 0 Å². The highest BCUT2D eigenvalue weighted by molar-refractivity contribution is 7.09. The molecule has 0 bridgehead atoms. The van der Waals surface area contributed by atoms with E-state index in [0.29, 0.717) is 5.95 Å². The van der Waals surface area contributed by atoms with Crippen molar-refractivity contribution in [3.05, 3.63) is 27.8 Å².